The zero-order valence-corrected chi connectivity index (χ0v) is 14.7. The largest absolute Gasteiger partial charge is 0.311 e. The molecule has 1 aliphatic carbocycles. The topological polar surface area (TPSA) is 58.2 Å². The van der Waals surface area contributed by atoms with Crippen LogP contribution in [-0.4, -0.2) is 26.5 Å². The van der Waals surface area contributed by atoms with Crippen molar-refractivity contribution in [2.24, 2.45) is 0 Å². The van der Waals surface area contributed by atoms with Gasteiger partial charge in [0.25, 0.3) is 0 Å². The van der Waals surface area contributed by atoms with E-state index in [9.17, 15) is 8.42 Å². The molecule has 1 atom stereocenters. The molecule has 3 rings (SSSR count). The lowest BCUT2D eigenvalue weighted by atomic mass is 9.70. The molecular weight excluding hydrogens is 376 g/mol. The van der Waals surface area contributed by atoms with Crippen molar-refractivity contribution in [1.82, 2.24) is 10.0 Å². The second-order valence-corrected chi connectivity index (χ2v) is 8.95. The van der Waals surface area contributed by atoms with Crippen molar-refractivity contribution in [2.45, 2.75) is 48.6 Å². The van der Waals surface area contributed by atoms with Gasteiger partial charge in [-0.2, -0.15) is 0 Å². The number of hydrogen-bond acceptors (Lipinski definition) is 3. The summed E-state index contributed by atoms with van der Waals surface area (Å²) >= 11 is 9.35. The van der Waals surface area contributed by atoms with Gasteiger partial charge in [-0.15, -0.1) is 0 Å². The fourth-order valence-electron chi connectivity index (χ4n) is 3.22. The van der Waals surface area contributed by atoms with Gasteiger partial charge >= 0.3 is 0 Å². The van der Waals surface area contributed by atoms with Crippen molar-refractivity contribution in [3.05, 3.63) is 27.7 Å². The Labute approximate surface area is 138 Å². The SMILES string of the molecule is O=S(=O)(NC1CCNC2(CCC2)C1)c1ccc(Br)cc1Cl. The zero-order valence-electron chi connectivity index (χ0n) is 11.5. The number of sulfonamides is 1. The Balaban J connectivity index is 1.76. The summed E-state index contributed by atoms with van der Waals surface area (Å²) in [4.78, 5) is 0.147. The summed E-state index contributed by atoms with van der Waals surface area (Å²) in [6, 6.07) is 4.81. The minimum atomic E-state index is -3.57. The summed E-state index contributed by atoms with van der Waals surface area (Å²) in [5, 5.41) is 3.78. The molecule has 1 unspecified atom stereocenters. The van der Waals surface area contributed by atoms with Crippen LogP contribution < -0.4 is 10.0 Å². The Bertz CT molecular complexity index is 646. The predicted molar refractivity (Wildman–Crippen MR) is 87.1 cm³/mol. The van der Waals surface area contributed by atoms with Crippen LogP contribution in [0.25, 0.3) is 0 Å². The molecule has 4 nitrogen and oxygen atoms in total. The number of rotatable bonds is 3. The van der Waals surface area contributed by atoms with Crippen LogP contribution in [0.3, 0.4) is 0 Å². The van der Waals surface area contributed by atoms with E-state index in [0.29, 0.717) is 0 Å². The maximum Gasteiger partial charge on any atom is 0.242 e. The van der Waals surface area contributed by atoms with Crippen molar-refractivity contribution in [3.8, 4) is 0 Å². The van der Waals surface area contributed by atoms with Crippen LogP contribution in [0.4, 0.5) is 0 Å². The van der Waals surface area contributed by atoms with Crippen molar-refractivity contribution >= 4 is 37.6 Å². The number of benzene rings is 1. The summed E-state index contributed by atoms with van der Waals surface area (Å²) in [6.45, 7) is 0.862. The highest BCUT2D eigenvalue weighted by atomic mass is 79.9. The molecule has 0 amide bonds. The Morgan fingerprint density at radius 2 is 2.14 bits per heavy atom. The maximum atomic E-state index is 12.5. The predicted octanol–water partition coefficient (Wildman–Crippen LogP) is 3.06. The van der Waals surface area contributed by atoms with E-state index < -0.39 is 10.0 Å². The van der Waals surface area contributed by atoms with Gasteiger partial charge in [0.1, 0.15) is 4.90 Å². The van der Waals surface area contributed by atoms with Gasteiger partial charge < -0.3 is 5.32 Å². The molecule has 1 spiro atoms. The highest BCUT2D eigenvalue weighted by Crippen LogP contribution is 2.38. The number of piperidine rings is 1. The third-order valence-corrected chi connectivity index (χ3v) is 6.94. The van der Waals surface area contributed by atoms with Gasteiger partial charge in [-0.05, 0) is 56.8 Å². The summed E-state index contributed by atoms with van der Waals surface area (Å²) in [7, 11) is -3.57. The van der Waals surface area contributed by atoms with Gasteiger partial charge in [-0.1, -0.05) is 27.5 Å². The molecule has 1 aromatic carbocycles. The maximum absolute atomic E-state index is 12.5. The van der Waals surface area contributed by atoms with Gasteiger partial charge in [0.15, 0.2) is 0 Å². The molecule has 2 aliphatic rings. The standard InChI is InChI=1S/C14H18BrClN2O2S/c15-10-2-3-13(12(16)8-10)21(19,20)18-11-4-7-17-14(9-11)5-1-6-14/h2-3,8,11,17-18H,1,4-7,9H2. The lowest BCUT2D eigenvalue weighted by molar-refractivity contribution is 0.126. The average Bonchev–Trinajstić information content (AvgIpc) is 2.36. The molecular formula is C14H18BrClN2O2S. The van der Waals surface area contributed by atoms with E-state index in [1.165, 1.54) is 12.5 Å². The molecule has 0 radical (unpaired) electrons. The van der Waals surface area contributed by atoms with Crippen LogP contribution in [0.2, 0.25) is 5.02 Å². The molecule has 2 fully saturated rings. The third kappa shape index (κ3) is 3.29. The van der Waals surface area contributed by atoms with E-state index in [0.717, 1.165) is 36.7 Å². The van der Waals surface area contributed by atoms with E-state index >= 15 is 0 Å². The summed E-state index contributed by atoms with van der Waals surface area (Å²) in [5.41, 5.74) is 0.162. The quantitative estimate of drug-likeness (QED) is 0.830. The Morgan fingerprint density at radius 3 is 2.76 bits per heavy atom. The van der Waals surface area contributed by atoms with E-state index in [-0.39, 0.29) is 21.5 Å². The van der Waals surface area contributed by atoms with Crippen LogP contribution in [0.15, 0.2) is 27.6 Å². The van der Waals surface area contributed by atoms with E-state index in [1.807, 2.05) is 0 Å². The minimum Gasteiger partial charge on any atom is -0.311 e. The van der Waals surface area contributed by atoms with Crippen LogP contribution in [-0.2, 0) is 10.0 Å². The van der Waals surface area contributed by atoms with E-state index in [4.69, 9.17) is 11.6 Å². The van der Waals surface area contributed by atoms with Crippen molar-refractivity contribution in [1.29, 1.82) is 0 Å². The van der Waals surface area contributed by atoms with Crippen LogP contribution in [0.5, 0.6) is 0 Å². The molecule has 0 bridgehead atoms. The molecule has 1 aliphatic heterocycles. The molecule has 116 valence electrons. The Morgan fingerprint density at radius 1 is 1.38 bits per heavy atom. The molecule has 1 aromatic rings. The normalized spacial score (nSPS) is 24.8. The number of hydrogen-bond donors (Lipinski definition) is 2. The molecule has 1 saturated carbocycles. The fraction of sp³-hybridized carbons (Fsp3) is 0.571. The van der Waals surface area contributed by atoms with Gasteiger partial charge in [0.05, 0.1) is 5.02 Å². The van der Waals surface area contributed by atoms with Gasteiger partial charge in [-0.3, -0.25) is 0 Å². The highest BCUT2D eigenvalue weighted by molar-refractivity contribution is 9.10. The van der Waals surface area contributed by atoms with E-state index in [2.05, 4.69) is 26.0 Å². The molecule has 1 heterocycles. The van der Waals surface area contributed by atoms with Crippen molar-refractivity contribution < 1.29 is 8.42 Å². The lowest BCUT2D eigenvalue weighted by Crippen LogP contribution is -2.59. The second kappa shape index (κ2) is 5.81. The molecule has 1 saturated heterocycles. The Hall–Kier alpha value is -0.140. The van der Waals surface area contributed by atoms with Crippen molar-refractivity contribution in [3.63, 3.8) is 0 Å². The Kier molecular flexibility index (Phi) is 4.36. The molecule has 21 heavy (non-hydrogen) atoms. The third-order valence-electron chi connectivity index (χ3n) is 4.45. The first-order valence-electron chi connectivity index (χ1n) is 7.13. The summed E-state index contributed by atoms with van der Waals surface area (Å²) in [5.74, 6) is 0. The fourth-order valence-corrected chi connectivity index (χ4v) is 5.53. The van der Waals surface area contributed by atoms with Crippen molar-refractivity contribution in [2.75, 3.05) is 6.54 Å². The first kappa shape index (κ1) is 15.7. The zero-order chi connectivity index (χ0) is 15.1. The monoisotopic (exact) mass is 392 g/mol. The smallest absolute Gasteiger partial charge is 0.242 e. The molecule has 0 aromatic heterocycles. The van der Waals surface area contributed by atoms with Crippen LogP contribution >= 0.6 is 27.5 Å². The van der Waals surface area contributed by atoms with Gasteiger partial charge in [0.2, 0.25) is 10.0 Å². The van der Waals surface area contributed by atoms with Crippen LogP contribution in [0, 0.1) is 0 Å². The first-order chi connectivity index (χ1) is 9.90. The minimum absolute atomic E-state index is 0.0173. The lowest BCUT2D eigenvalue weighted by Gasteiger charge is -2.48. The summed E-state index contributed by atoms with van der Waals surface area (Å²) in [6.07, 6.45) is 5.19. The summed E-state index contributed by atoms with van der Waals surface area (Å²) < 4.78 is 28.6. The average molecular weight is 394 g/mol. The van der Waals surface area contributed by atoms with Gasteiger partial charge in [0, 0.05) is 16.1 Å². The number of halogens is 2. The molecule has 7 heteroatoms. The number of nitrogens with one attached hydrogen (secondary N) is 2. The van der Waals surface area contributed by atoms with Gasteiger partial charge in [-0.25, -0.2) is 13.1 Å². The van der Waals surface area contributed by atoms with E-state index in [1.54, 1.807) is 12.1 Å². The highest BCUT2D eigenvalue weighted by Gasteiger charge is 2.41. The molecule has 2 N–H and O–H groups in total. The second-order valence-electron chi connectivity index (χ2n) is 5.95. The van der Waals surface area contributed by atoms with Crippen LogP contribution in [0.1, 0.15) is 32.1 Å². The first-order valence-corrected chi connectivity index (χ1v) is 9.78.